The van der Waals surface area contributed by atoms with Gasteiger partial charge >= 0.3 is 0 Å². The van der Waals surface area contributed by atoms with Crippen molar-refractivity contribution in [2.45, 2.75) is 83.0 Å². The van der Waals surface area contributed by atoms with Crippen molar-refractivity contribution in [1.82, 2.24) is 4.90 Å². The minimum Gasteiger partial charge on any atom is -0.370 e. The molecule has 2 aliphatic rings. The van der Waals surface area contributed by atoms with E-state index in [1.165, 1.54) is 44.9 Å². The first-order valence-electron chi connectivity index (χ1n) is 8.10. The van der Waals surface area contributed by atoms with Gasteiger partial charge in [0.1, 0.15) is 0 Å². The molecule has 0 aromatic carbocycles. The van der Waals surface area contributed by atoms with Crippen molar-refractivity contribution in [2.75, 3.05) is 19.6 Å². The summed E-state index contributed by atoms with van der Waals surface area (Å²) >= 11 is 0. The molecule has 3 heteroatoms. The van der Waals surface area contributed by atoms with Crippen molar-refractivity contribution in [1.29, 1.82) is 0 Å². The van der Waals surface area contributed by atoms with Crippen LogP contribution in [0.4, 0.5) is 0 Å². The van der Waals surface area contributed by atoms with Crippen molar-refractivity contribution in [3.63, 3.8) is 0 Å². The van der Waals surface area contributed by atoms with Gasteiger partial charge in [-0.15, -0.1) is 0 Å². The Hall–Kier alpha value is -0.120. The molecule has 1 aliphatic heterocycles. The fourth-order valence-corrected chi connectivity index (χ4v) is 4.03. The predicted molar refractivity (Wildman–Crippen MR) is 80.3 cm³/mol. The van der Waals surface area contributed by atoms with Crippen molar-refractivity contribution in [3.8, 4) is 0 Å². The lowest BCUT2D eigenvalue weighted by molar-refractivity contribution is -0.155. The van der Waals surface area contributed by atoms with Crippen LogP contribution in [0.15, 0.2) is 0 Å². The van der Waals surface area contributed by atoms with Crippen molar-refractivity contribution < 1.29 is 4.74 Å². The molecule has 19 heavy (non-hydrogen) atoms. The summed E-state index contributed by atoms with van der Waals surface area (Å²) in [5.74, 6) is 0. The van der Waals surface area contributed by atoms with Gasteiger partial charge in [0.2, 0.25) is 0 Å². The van der Waals surface area contributed by atoms with E-state index in [0.717, 1.165) is 19.6 Å². The zero-order chi connectivity index (χ0) is 13.9. The molecule has 0 bridgehead atoms. The molecule has 2 fully saturated rings. The summed E-state index contributed by atoms with van der Waals surface area (Å²) in [4.78, 5) is 2.66. The number of hydrogen-bond donors (Lipinski definition) is 1. The molecule has 0 amide bonds. The van der Waals surface area contributed by atoms with Crippen LogP contribution in [0.3, 0.4) is 0 Å². The third-order valence-electron chi connectivity index (χ3n) is 4.90. The smallest absolute Gasteiger partial charge is 0.0757 e. The lowest BCUT2D eigenvalue weighted by Gasteiger charge is -2.52. The highest BCUT2D eigenvalue weighted by atomic mass is 16.5. The monoisotopic (exact) mass is 268 g/mol. The van der Waals surface area contributed by atoms with Crippen LogP contribution in [0.25, 0.3) is 0 Å². The number of nitrogens with two attached hydrogens (primary N) is 1. The molecule has 1 saturated heterocycles. The maximum Gasteiger partial charge on any atom is 0.0757 e. The molecule has 112 valence electrons. The third-order valence-corrected chi connectivity index (χ3v) is 4.90. The van der Waals surface area contributed by atoms with E-state index in [9.17, 15) is 0 Å². The van der Waals surface area contributed by atoms with Crippen LogP contribution in [0, 0.1) is 0 Å². The van der Waals surface area contributed by atoms with Gasteiger partial charge in [-0.05, 0) is 33.6 Å². The Morgan fingerprint density at radius 1 is 1.11 bits per heavy atom. The fourth-order valence-electron chi connectivity index (χ4n) is 4.03. The third kappa shape index (κ3) is 3.71. The molecule has 1 unspecified atom stereocenters. The molecule has 2 N–H and O–H groups in total. The first-order chi connectivity index (χ1) is 8.97. The van der Waals surface area contributed by atoms with Gasteiger partial charge < -0.3 is 10.5 Å². The Labute approximate surface area is 118 Å². The van der Waals surface area contributed by atoms with Crippen LogP contribution in [0.2, 0.25) is 0 Å². The summed E-state index contributed by atoms with van der Waals surface area (Å²) in [5.41, 5.74) is 6.43. The zero-order valence-corrected chi connectivity index (χ0v) is 13.1. The van der Waals surface area contributed by atoms with Crippen molar-refractivity contribution >= 4 is 0 Å². The molecule has 1 heterocycles. The van der Waals surface area contributed by atoms with Crippen LogP contribution in [0.5, 0.6) is 0 Å². The second kappa shape index (κ2) is 6.11. The summed E-state index contributed by atoms with van der Waals surface area (Å²) < 4.78 is 6.06. The van der Waals surface area contributed by atoms with E-state index in [1.807, 2.05) is 0 Å². The standard InChI is InChI=1S/C16H32N2O/c1-14-11-18(13-15(2,3)19-14)16(12-17)9-7-5-4-6-8-10-16/h14H,4-13,17H2,1-3H3. The van der Waals surface area contributed by atoms with Gasteiger partial charge in [0.05, 0.1) is 11.7 Å². The number of hydrogen-bond acceptors (Lipinski definition) is 3. The molecule has 3 nitrogen and oxygen atoms in total. The van der Waals surface area contributed by atoms with Crippen LogP contribution >= 0.6 is 0 Å². The van der Waals surface area contributed by atoms with E-state index in [0.29, 0.717) is 6.10 Å². The minimum absolute atomic E-state index is 0.0395. The number of morpholine rings is 1. The number of nitrogens with zero attached hydrogens (tertiary/aromatic N) is 1. The predicted octanol–water partition coefficient (Wildman–Crippen LogP) is 2.93. The SMILES string of the molecule is CC1CN(C2(CN)CCCCCCC2)CC(C)(C)O1. The lowest BCUT2D eigenvalue weighted by atomic mass is 9.81. The second-order valence-electron chi connectivity index (χ2n) is 7.26. The molecule has 1 atom stereocenters. The zero-order valence-electron chi connectivity index (χ0n) is 13.1. The van der Waals surface area contributed by atoms with E-state index in [2.05, 4.69) is 25.7 Å². The highest BCUT2D eigenvalue weighted by Gasteiger charge is 2.42. The van der Waals surface area contributed by atoms with E-state index in [4.69, 9.17) is 10.5 Å². The Morgan fingerprint density at radius 2 is 1.68 bits per heavy atom. The van der Waals surface area contributed by atoms with E-state index in [-0.39, 0.29) is 11.1 Å². The highest BCUT2D eigenvalue weighted by molar-refractivity contribution is 4.97. The minimum atomic E-state index is -0.0395. The normalized spacial score (nSPS) is 32.5. The van der Waals surface area contributed by atoms with Crippen LogP contribution < -0.4 is 5.73 Å². The number of rotatable bonds is 2. The molecule has 0 radical (unpaired) electrons. The maximum absolute atomic E-state index is 6.24. The summed E-state index contributed by atoms with van der Waals surface area (Å²) in [6.45, 7) is 9.48. The summed E-state index contributed by atoms with van der Waals surface area (Å²) in [7, 11) is 0. The molecule has 0 aromatic rings. The molecule has 2 rings (SSSR count). The van der Waals surface area contributed by atoms with Gasteiger partial charge in [-0.25, -0.2) is 0 Å². The molecular formula is C16H32N2O. The molecular weight excluding hydrogens is 236 g/mol. The van der Waals surface area contributed by atoms with Crippen LogP contribution in [-0.4, -0.2) is 41.8 Å². The van der Waals surface area contributed by atoms with Gasteiger partial charge in [0.15, 0.2) is 0 Å². The fraction of sp³-hybridized carbons (Fsp3) is 1.00. The van der Waals surface area contributed by atoms with Gasteiger partial charge in [0, 0.05) is 25.2 Å². The van der Waals surface area contributed by atoms with E-state index < -0.39 is 0 Å². The van der Waals surface area contributed by atoms with Crippen molar-refractivity contribution in [3.05, 3.63) is 0 Å². The largest absolute Gasteiger partial charge is 0.370 e. The van der Waals surface area contributed by atoms with Crippen molar-refractivity contribution in [2.24, 2.45) is 5.73 Å². The van der Waals surface area contributed by atoms with Gasteiger partial charge in [-0.3, -0.25) is 4.90 Å². The highest BCUT2D eigenvalue weighted by Crippen LogP contribution is 2.35. The first-order valence-corrected chi connectivity index (χ1v) is 8.10. The molecule has 0 aromatic heterocycles. The molecule has 0 spiro atoms. The quantitative estimate of drug-likeness (QED) is 0.837. The summed E-state index contributed by atoms with van der Waals surface area (Å²) in [6, 6.07) is 0. The average molecular weight is 268 g/mol. The first kappa shape index (κ1) is 15.3. The Bertz CT molecular complexity index is 282. The average Bonchev–Trinajstić information content (AvgIpc) is 2.26. The van der Waals surface area contributed by atoms with Gasteiger partial charge in [-0.1, -0.05) is 32.1 Å². The maximum atomic E-state index is 6.24. The Balaban J connectivity index is 2.13. The van der Waals surface area contributed by atoms with E-state index in [1.54, 1.807) is 0 Å². The van der Waals surface area contributed by atoms with E-state index >= 15 is 0 Å². The topological polar surface area (TPSA) is 38.5 Å². The molecule has 1 saturated carbocycles. The Morgan fingerprint density at radius 3 is 2.21 bits per heavy atom. The molecule has 1 aliphatic carbocycles. The van der Waals surface area contributed by atoms with Gasteiger partial charge in [0.25, 0.3) is 0 Å². The van der Waals surface area contributed by atoms with Gasteiger partial charge in [-0.2, -0.15) is 0 Å². The van der Waals surface area contributed by atoms with Crippen LogP contribution in [0.1, 0.15) is 65.7 Å². The van der Waals surface area contributed by atoms with Crippen LogP contribution in [-0.2, 0) is 4.74 Å². The Kier molecular flexibility index (Phi) is 4.91. The number of ether oxygens (including phenoxy) is 1. The second-order valence-corrected chi connectivity index (χ2v) is 7.26. The summed E-state index contributed by atoms with van der Waals surface area (Å²) in [5, 5.41) is 0. The summed E-state index contributed by atoms with van der Waals surface area (Å²) in [6.07, 6.45) is 9.70. The lowest BCUT2D eigenvalue weighted by Crippen LogP contribution is -2.63.